The van der Waals surface area contributed by atoms with E-state index in [1.165, 1.54) is 25.9 Å². The number of rotatable bonds is 9. The van der Waals surface area contributed by atoms with Crippen molar-refractivity contribution in [3.63, 3.8) is 0 Å². The SMILES string of the molecule is COc1cc(Cc2[c]cccc2OCCN2CCCC2)ccc1Cc1nnn[nH]1. The number of nitrogens with one attached hydrogen (secondary N) is 1. The first-order valence-corrected chi connectivity index (χ1v) is 10.0. The molecule has 1 aliphatic rings. The number of likely N-dealkylation sites (tertiary alicyclic amines) is 1. The molecular formula is C22H26N5O2. The number of hydrogen-bond acceptors (Lipinski definition) is 6. The highest BCUT2D eigenvalue weighted by molar-refractivity contribution is 5.43. The molecule has 1 radical (unpaired) electrons. The van der Waals surface area contributed by atoms with Crippen molar-refractivity contribution in [1.82, 2.24) is 25.5 Å². The third-order valence-corrected chi connectivity index (χ3v) is 5.24. The van der Waals surface area contributed by atoms with E-state index in [9.17, 15) is 0 Å². The maximum absolute atomic E-state index is 6.09. The molecule has 151 valence electrons. The van der Waals surface area contributed by atoms with Gasteiger partial charge in [-0.2, -0.15) is 0 Å². The summed E-state index contributed by atoms with van der Waals surface area (Å²) in [6.07, 6.45) is 3.93. The molecule has 2 aromatic carbocycles. The van der Waals surface area contributed by atoms with Gasteiger partial charge >= 0.3 is 0 Å². The minimum atomic E-state index is 0.596. The summed E-state index contributed by atoms with van der Waals surface area (Å²) in [5, 5.41) is 14.0. The molecule has 1 aliphatic heterocycles. The van der Waals surface area contributed by atoms with Gasteiger partial charge in [0.1, 0.15) is 18.1 Å². The molecule has 1 aromatic heterocycles. The van der Waals surface area contributed by atoms with Crippen molar-refractivity contribution in [2.24, 2.45) is 0 Å². The van der Waals surface area contributed by atoms with Crippen LogP contribution in [0, 0.1) is 6.07 Å². The summed E-state index contributed by atoms with van der Waals surface area (Å²) in [6, 6.07) is 15.5. The number of nitrogens with zero attached hydrogens (tertiary/aromatic N) is 4. The van der Waals surface area contributed by atoms with E-state index in [0.717, 1.165) is 41.2 Å². The standard InChI is InChI=1S/C22H26N5O2/c1-28-21-15-17(8-9-19(21)16-22-23-25-26-24-22)14-18-6-2-3-7-20(18)29-13-12-27-10-4-5-11-27/h2-3,7-9,15H,4-5,10-14,16H2,1H3,(H,23,24,25,26). The van der Waals surface area contributed by atoms with E-state index in [1.54, 1.807) is 7.11 Å². The Bertz CT molecular complexity index is 907. The van der Waals surface area contributed by atoms with Crippen LogP contribution in [-0.2, 0) is 12.8 Å². The van der Waals surface area contributed by atoms with E-state index in [-0.39, 0.29) is 0 Å². The Morgan fingerprint density at radius 3 is 2.83 bits per heavy atom. The third kappa shape index (κ3) is 5.12. The van der Waals surface area contributed by atoms with Crippen LogP contribution in [0.1, 0.15) is 35.4 Å². The first kappa shape index (κ1) is 19.4. The Hall–Kier alpha value is -2.93. The van der Waals surface area contributed by atoms with Gasteiger partial charge in [-0.05, 0) is 60.1 Å². The molecule has 0 atom stereocenters. The van der Waals surface area contributed by atoms with E-state index >= 15 is 0 Å². The highest BCUT2D eigenvalue weighted by Crippen LogP contribution is 2.26. The van der Waals surface area contributed by atoms with Crippen LogP contribution in [-0.4, -0.2) is 58.9 Å². The van der Waals surface area contributed by atoms with E-state index in [0.29, 0.717) is 18.9 Å². The van der Waals surface area contributed by atoms with Gasteiger partial charge in [0.25, 0.3) is 0 Å². The summed E-state index contributed by atoms with van der Waals surface area (Å²) in [5.41, 5.74) is 3.24. The number of hydrogen-bond donors (Lipinski definition) is 1. The number of aromatic nitrogens is 4. The molecule has 7 heteroatoms. The van der Waals surface area contributed by atoms with Crippen LogP contribution in [0.3, 0.4) is 0 Å². The van der Waals surface area contributed by atoms with Crippen molar-refractivity contribution < 1.29 is 9.47 Å². The van der Waals surface area contributed by atoms with Gasteiger partial charge in [0.2, 0.25) is 0 Å². The monoisotopic (exact) mass is 392 g/mol. The average molecular weight is 392 g/mol. The molecule has 3 aromatic rings. The molecule has 0 unspecified atom stereocenters. The Labute approximate surface area is 171 Å². The lowest BCUT2D eigenvalue weighted by Crippen LogP contribution is -2.25. The zero-order valence-electron chi connectivity index (χ0n) is 16.7. The largest absolute Gasteiger partial charge is 0.496 e. The minimum absolute atomic E-state index is 0.596. The topological polar surface area (TPSA) is 76.2 Å². The summed E-state index contributed by atoms with van der Waals surface area (Å²) in [6.45, 7) is 4.06. The first-order valence-electron chi connectivity index (χ1n) is 10.0. The van der Waals surface area contributed by atoms with Crippen LogP contribution < -0.4 is 9.47 Å². The fourth-order valence-electron chi connectivity index (χ4n) is 3.70. The number of methoxy groups -OCH3 is 1. The van der Waals surface area contributed by atoms with Crippen LogP contribution in [0.2, 0.25) is 0 Å². The zero-order valence-corrected chi connectivity index (χ0v) is 16.7. The molecule has 1 N–H and O–H groups in total. The summed E-state index contributed by atoms with van der Waals surface area (Å²) >= 11 is 0. The number of aromatic amines is 1. The maximum Gasteiger partial charge on any atom is 0.153 e. The van der Waals surface area contributed by atoms with Gasteiger partial charge in [0.15, 0.2) is 5.82 Å². The molecular weight excluding hydrogens is 366 g/mol. The smallest absolute Gasteiger partial charge is 0.153 e. The van der Waals surface area contributed by atoms with Gasteiger partial charge < -0.3 is 9.47 Å². The molecule has 7 nitrogen and oxygen atoms in total. The lowest BCUT2D eigenvalue weighted by molar-refractivity contribution is 0.236. The molecule has 2 heterocycles. The first-order chi connectivity index (χ1) is 14.3. The molecule has 4 rings (SSSR count). The van der Waals surface area contributed by atoms with E-state index in [4.69, 9.17) is 9.47 Å². The predicted molar refractivity (Wildman–Crippen MR) is 109 cm³/mol. The molecule has 0 amide bonds. The van der Waals surface area contributed by atoms with Crippen molar-refractivity contribution in [3.05, 3.63) is 65.0 Å². The molecule has 0 spiro atoms. The summed E-state index contributed by atoms with van der Waals surface area (Å²) in [4.78, 5) is 2.46. The van der Waals surface area contributed by atoms with Crippen molar-refractivity contribution in [1.29, 1.82) is 0 Å². The maximum atomic E-state index is 6.09. The summed E-state index contributed by atoms with van der Waals surface area (Å²) in [5.74, 6) is 2.44. The van der Waals surface area contributed by atoms with Gasteiger partial charge in [0, 0.05) is 30.5 Å². The van der Waals surface area contributed by atoms with Crippen molar-refractivity contribution in [2.45, 2.75) is 25.7 Å². The zero-order chi connectivity index (χ0) is 19.9. The quantitative estimate of drug-likeness (QED) is 0.603. The molecule has 0 aliphatic carbocycles. The van der Waals surface area contributed by atoms with Crippen molar-refractivity contribution in [3.8, 4) is 11.5 Å². The fraction of sp³-hybridized carbons (Fsp3) is 0.409. The fourth-order valence-corrected chi connectivity index (χ4v) is 3.70. The number of benzene rings is 2. The van der Waals surface area contributed by atoms with Gasteiger partial charge in [0.05, 0.1) is 7.11 Å². The Balaban J connectivity index is 1.43. The van der Waals surface area contributed by atoms with Gasteiger partial charge in [-0.25, -0.2) is 5.10 Å². The Kier molecular flexibility index (Phi) is 6.36. The molecule has 1 fully saturated rings. The summed E-state index contributed by atoms with van der Waals surface area (Å²) in [7, 11) is 1.68. The Morgan fingerprint density at radius 2 is 2.03 bits per heavy atom. The Morgan fingerprint density at radius 1 is 1.14 bits per heavy atom. The van der Waals surface area contributed by atoms with Gasteiger partial charge in [-0.15, -0.1) is 5.10 Å². The lowest BCUT2D eigenvalue weighted by atomic mass is 10.0. The second kappa shape index (κ2) is 9.52. The second-order valence-electron chi connectivity index (χ2n) is 7.26. The third-order valence-electron chi connectivity index (χ3n) is 5.24. The summed E-state index contributed by atoms with van der Waals surface area (Å²) < 4.78 is 11.7. The van der Waals surface area contributed by atoms with Gasteiger partial charge in [-0.1, -0.05) is 24.3 Å². The van der Waals surface area contributed by atoms with Crippen LogP contribution in [0.4, 0.5) is 0 Å². The van der Waals surface area contributed by atoms with E-state index < -0.39 is 0 Å². The van der Waals surface area contributed by atoms with Crippen LogP contribution >= 0.6 is 0 Å². The normalized spacial score (nSPS) is 14.2. The van der Waals surface area contributed by atoms with Crippen LogP contribution in [0.25, 0.3) is 0 Å². The molecule has 0 saturated carbocycles. The molecule has 29 heavy (non-hydrogen) atoms. The lowest BCUT2D eigenvalue weighted by Gasteiger charge is -2.17. The average Bonchev–Trinajstić information content (AvgIpc) is 3.45. The highest BCUT2D eigenvalue weighted by atomic mass is 16.5. The molecule has 1 saturated heterocycles. The van der Waals surface area contributed by atoms with Gasteiger partial charge in [-0.3, -0.25) is 4.90 Å². The van der Waals surface area contributed by atoms with Crippen molar-refractivity contribution in [2.75, 3.05) is 33.4 Å². The van der Waals surface area contributed by atoms with Crippen LogP contribution in [0.15, 0.2) is 36.4 Å². The number of H-pyrrole nitrogens is 1. The highest BCUT2D eigenvalue weighted by Gasteiger charge is 2.13. The number of ether oxygens (including phenoxy) is 2. The van der Waals surface area contributed by atoms with Crippen molar-refractivity contribution >= 4 is 0 Å². The van der Waals surface area contributed by atoms with Crippen LogP contribution in [0.5, 0.6) is 11.5 Å². The number of tetrazole rings is 1. The van der Waals surface area contributed by atoms with E-state index in [1.807, 2.05) is 18.2 Å². The second-order valence-corrected chi connectivity index (χ2v) is 7.26. The molecule has 0 bridgehead atoms. The minimum Gasteiger partial charge on any atom is -0.496 e. The van der Waals surface area contributed by atoms with E-state index in [2.05, 4.69) is 49.8 Å². The predicted octanol–water partition coefficient (Wildman–Crippen LogP) is 2.66.